The summed E-state index contributed by atoms with van der Waals surface area (Å²) >= 11 is 0. The molecule has 0 amide bonds. The smallest absolute Gasteiger partial charge is 0.339 e. The number of carboxylic acid groups (broad SMARTS) is 1. The first-order valence-electron chi connectivity index (χ1n) is 7.89. The van der Waals surface area contributed by atoms with Crippen LogP contribution in [0, 0.1) is 0 Å². The zero-order valence-corrected chi connectivity index (χ0v) is 14.3. The maximum atomic E-state index is 11.4. The van der Waals surface area contributed by atoms with Gasteiger partial charge < -0.3 is 19.5 Å². The van der Waals surface area contributed by atoms with Gasteiger partial charge in [0.15, 0.2) is 0 Å². The van der Waals surface area contributed by atoms with Gasteiger partial charge in [-0.1, -0.05) is 18.2 Å². The summed E-state index contributed by atoms with van der Waals surface area (Å²) in [7, 11) is 3.99. The normalized spacial score (nSPS) is 10.7. The van der Waals surface area contributed by atoms with E-state index < -0.39 is 5.97 Å². The van der Waals surface area contributed by atoms with Crippen molar-refractivity contribution < 1.29 is 19.4 Å². The lowest BCUT2D eigenvalue weighted by atomic mass is 10.0. The Labute approximate surface area is 142 Å². The number of likely N-dealkylation sites (N-methyl/N-ethyl adjacent to an activating group) is 1. The molecule has 0 saturated carbocycles. The Kier molecular flexibility index (Phi) is 6.21. The highest BCUT2D eigenvalue weighted by atomic mass is 16.5. The van der Waals surface area contributed by atoms with Crippen LogP contribution < -0.4 is 9.47 Å². The Morgan fingerprint density at radius 1 is 1.08 bits per heavy atom. The van der Waals surface area contributed by atoms with E-state index in [-0.39, 0.29) is 5.56 Å². The fourth-order valence-electron chi connectivity index (χ4n) is 2.27. The molecule has 0 spiro atoms. The zero-order chi connectivity index (χ0) is 17.5. The Hall–Kier alpha value is -2.53. The van der Waals surface area contributed by atoms with Crippen LogP contribution in [-0.2, 0) is 0 Å². The molecule has 0 radical (unpaired) electrons. The Bertz CT molecular complexity index is 698. The lowest BCUT2D eigenvalue weighted by molar-refractivity contribution is 0.0692. The van der Waals surface area contributed by atoms with Gasteiger partial charge in [0.25, 0.3) is 0 Å². The molecule has 2 aromatic carbocycles. The Balaban J connectivity index is 2.24. The zero-order valence-electron chi connectivity index (χ0n) is 14.3. The summed E-state index contributed by atoms with van der Waals surface area (Å²) in [5.74, 6) is 0.144. The van der Waals surface area contributed by atoms with E-state index >= 15 is 0 Å². The SMILES string of the molecule is CCOc1ccc(-c2cccc(OCCN(C)C)c2)cc1C(=O)O. The number of nitrogens with zero attached hydrogens (tertiary/aromatic N) is 1. The van der Waals surface area contributed by atoms with Crippen molar-refractivity contribution >= 4 is 5.97 Å². The van der Waals surface area contributed by atoms with Gasteiger partial charge >= 0.3 is 5.97 Å². The molecule has 0 atom stereocenters. The van der Waals surface area contributed by atoms with Crippen molar-refractivity contribution in [1.29, 1.82) is 0 Å². The minimum Gasteiger partial charge on any atom is -0.493 e. The van der Waals surface area contributed by atoms with Crippen LogP contribution in [0.1, 0.15) is 17.3 Å². The predicted molar refractivity (Wildman–Crippen MR) is 94.1 cm³/mol. The quantitative estimate of drug-likeness (QED) is 0.804. The van der Waals surface area contributed by atoms with Gasteiger partial charge in [-0.3, -0.25) is 0 Å². The van der Waals surface area contributed by atoms with Crippen molar-refractivity contribution in [2.75, 3.05) is 33.9 Å². The van der Waals surface area contributed by atoms with Crippen LogP contribution in [0.15, 0.2) is 42.5 Å². The molecule has 24 heavy (non-hydrogen) atoms. The summed E-state index contributed by atoms with van der Waals surface area (Å²) < 4.78 is 11.1. The molecule has 5 heteroatoms. The van der Waals surface area contributed by atoms with Crippen LogP contribution in [-0.4, -0.2) is 49.8 Å². The van der Waals surface area contributed by atoms with E-state index in [9.17, 15) is 9.90 Å². The first kappa shape index (κ1) is 17.8. The third-order valence-electron chi connectivity index (χ3n) is 3.48. The highest BCUT2D eigenvalue weighted by Gasteiger charge is 2.13. The number of aromatic carboxylic acids is 1. The summed E-state index contributed by atoms with van der Waals surface area (Å²) in [6.07, 6.45) is 0. The molecule has 0 unspecified atom stereocenters. The summed E-state index contributed by atoms with van der Waals surface area (Å²) in [6.45, 7) is 3.68. The van der Waals surface area contributed by atoms with E-state index in [1.54, 1.807) is 12.1 Å². The van der Waals surface area contributed by atoms with Gasteiger partial charge in [0, 0.05) is 6.54 Å². The number of hydrogen-bond donors (Lipinski definition) is 1. The minimum absolute atomic E-state index is 0.160. The van der Waals surface area contributed by atoms with E-state index in [2.05, 4.69) is 4.90 Å². The Morgan fingerprint density at radius 3 is 2.50 bits per heavy atom. The monoisotopic (exact) mass is 329 g/mol. The van der Waals surface area contributed by atoms with Gasteiger partial charge in [-0.05, 0) is 56.4 Å². The highest BCUT2D eigenvalue weighted by molar-refractivity contribution is 5.92. The topological polar surface area (TPSA) is 59.0 Å². The number of carbonyl (C=O) groups is 1. The third-order valence-corrected chi connectivity index (χ3v) is 3.48. The van der Waals surface area contributed by atoms with Crippen molar-refractivity contribution in [3.63, 3.8) is 0 Å². The van der Waals surface area contributed by atoms with E-state index in [1.165, 1.54) is 0 Å². The predicted octanol–water partition coefficient (Wildman–Crippen LogP) is 3.39. The van der Waals surface area contributed by atoms with E-state index in [4.69, 9.17) is 9.47 Å². The molecule has 0 fully saturated rings. The maximum absolute atomic E-state index is 11.4. The lowest BCUT2D eigenvalue weighted by Gasteiger charge is -2.13. The molecule has 0 aliphatic carbocycles. The van der Waals surface area contributed by atoms with Gasteiger partial charge in [-0.15, -0.1) is 0 Å². The maximum Gasteiger partial charge on any atom is 0.339 e. The highest BCUT2D eigenvalue weighted by Crippen LogP contribution is 2.29. The van der Waals surface area contributed by atoms with E-state index in [1.807, 2.05) is 51.4 Å². The van der Waals surface area contributed by atoms with Crippen LogP contribution in [0.3, 0.4) is 0 Å². The molecular weight excluding hydrogens is 306 g/mol. The number of benzene rings is 2. The van der Waals surface area contributed by atoms with Crippen LogP contribution in [0.5, 0.6) is 11.5 Å². The lowest BCUT2D eigenvalue weighted by Crippen LogP contribution is -2.19. The fourth-order valence-corrected chi connectivity index (χ4v) is 2.27. The molecular formula is C19H23NO4. The summed E-state index contributed by atoms with van der Waals surface area (Å²) in [5, 5.41) is 9.38. The first-order valence-corrected chi connectivity index (χ1v) is 7.89. The molecule has 0 aliphatic rings. The fraction of sp³-hybridized carbons (Fsp3) is 0.316. The van der Waals surface area contributed by atoms with Crippen molar-refractivity contribution in [1.82, 2.24) is 4.90 Å². The van der Waals surface area contributed by atoms with Gasteiger partial charge in [-0.25, -0.2) is 4.79 Å². The summed E-state index contributed by atoms with van der Waals surface area (Å²) in [4.78, 5) is 13.5. The molecule has 128 valence electrons. The molecule has 2 aromatic rings. The standard InChI is InChI=1S/C19H23NO4/c1-4-23-18-9-8-15(13-17(18)19(21)22)14-6-5-7-16(12-14)24-11-10-20(2)3/h5-9,12-13H,4,10-11H2,1-3H3,(H,21,22). The molecule has 0 heterocycles. The van der Waals surface area contributed by atoms with E-state index in [0.717, 1.165) is 23.4 Å². The average Bonchev–Trinajstić information content (AvgIpc) is 2.55. The molecule has 0 saturated heterocycles. The number of hydrogen-bond acceptors (Lipinski definition) is 4. The second-order valence-electron chi connectivity index (χ2n) is 5.63. The molecule has 5 nitrogen and oxygen atoms in total. The average molecular weight is 329 g/mol. The molecule has 1 N–H and O–H groups in total. The summed E-state index contributed by atoms with van der Waals surface area (Å²) in [6, 6.07) is 12.8. The molecule has 2 rings (SSSR count). The molecule has 0 bridgehead atoms. The number of ether oxygens (including phenoxy) is 2. The van der Waals surface area contributed by atoms with Gasteiger partial charge in [0.2, 0.25) is 0 Å². The first-order chi connectivity index (χ1) is 11.5. The number of carboxylic acids is 1. The van der Waals surface area contributed by atoms with Gasteiger partial charge in [0.05, 0.1) is 6.61 Å². The van der Waals surface area contributed by atoms with Gasteiger partial charge in [0.1, 0.15) is 23.7 Å². The molecule has 0 aromatic heterocycles. The Morgan fingerprint density at radius 2 is 1.83 bits per heavy atom. The minimum atomic E-state index is -1.00. The van der Waals surface area contributed by atoms with Crippen molar-refractivity contribution in [2.24, 2.45) is 0 Å². The number of rotatable bonds is 8. The van der Waals surface area contributed by atoms with Gasteiger partial charge in [-0.2, -0.15) is 0 Å². The third kappa shape index (κ3) is 4.73. The van der Waals surface area contributed by atoms with Crippen molar-refractivity contribution in [3.05, 3.63) is 48.0 Å². The van der Waals surface area contributed by atoms with Crippen LogP contribution in [0.25, 0.3) is 11.1 Å². The van der Waals surface area contributed by atoms with Crippen LogP contribution >= 0.6 is 0 Å². The molecule has 0 aliphatic heterocycles. The second-order valence-corrected chi connectivity index (χ2v) is 5.63. The summed E-state index contributed by atoms with van der Waals surface area (Å²) in [5.41, 5.74) is 1.88. The van der Waals surface area contributed by atoms with Crippen molar-refractivity contribution in [3.8, 4) is 22.6 Å². The second kappa shape index (κ2) is 8.36. The van der Waals surface area contributed by atoms with Crippen molar-refractivity contribution in [2.45, 2.75) is 6.92 Å². The largest absolute Gasteiger partial charge is 0.493 e. The van der Waals surface area contributed by atoms with E-state index in [0.29, 0.717) is 19.0 Å². The van der Waals surface area contributed by atoms with Crippen LogP contribution in [0.4, 0.5) is 0 Å². The van der Waals surface area contributed by atoms with Crippen LogP contribution in [0.2, 0.25) is 0 Å².